The number of hydrogen-bond donors (Lipinski definition) is 2. The molecule has 0 radical (unpaired) electrons. The Morgan fingerprint density at radius 2 is 2.18 bits per heavy atom. The number of rotatable bonds is 3. The van der Waals surface area contributed by atoms with Crippen molar-refractivity contribution in [3.05, 3.63) is 54.7 Å². The average Bonchev–Trinajstić information content (AvgIpc) is 3.17. The second-order valence-corrected chi connectivity index (χ2v) is 4.92. The molecule has 0 aliphatic carbocycles. The number of imidazole rings is 1. The summed E-state index contributed by atoms with van der Waals surface area (Å²) in [5.74, 6) is 1.36. The van der Waals surface area contributed by atoms with Gasteiger partial charge in [0.15, 0.2) is 5.82 Å². The van der Waals surface area contributed by atoms with Gasteiger partial charge in [-0.25, -0.2) is 9.97 Å². The number of fused-ring (bicyclic) bond motifs is 1. The summed E-state index contributed by atoms with van der Waals surface area (Å²) in [6.45, 7) is 1.95. The maximum atomic E-state index is 4.67. The van der Waals surface area contributed by atoms with Crippen molar-refractivity contribution in [3.63, 3.8) is 0 Å². The van der Waals surface area contributed by atoms with Crippen molar-refractivity contribution in [2.75, 3.05) is 5.32 Å². The minimum atomic E-state index is 0.653. The Kier molecular flexibility index (Phi) is 2.82. The standard InChI is InChI=1S/C15H13N7/c1-10-7-13(21-20-10)19-15-18-12(11-3-2-4-16-9-11)8-14-17-5-6-22(14)15/h2-9H,1H3,(H2,18,19,20,21). The molecule has 0 atom stereocenters. The van der Waals surface area contributed by atoms with Gasteiger partial charge < -0.3 is 5.32 Å². The van der Waals surface area contributed by atoms with Crippen LogP contribution in [0, 0.1) is 6.92 Å². The van der Waals surface area contributed by atoms with Gasteiger partial charge in [0.2, 0.25) is 5.95 Å². The van der Waals surface area contributed by atoms with Crippen molar-refractivity contribution in [2.24, 2.45) is 0 Å². The van der Waals surface area contributed by atoms with Crippen LogP contribution >= 0.6 is 0 Å². The van der Waals surface area contributed by atoms with E-state index in [0.29, 0.717) is 11.8 Å². The Hall–Kier alpha value is -3.22. The number of H-pyrrole nitrogens is 1. The zero-order valence-electron chi connectivity index (χ0n) is 11.9. The van der Waals surface area contributed by atoms with Crippen LogP contribution in [0.5, 0.6) is 0 Å². The molecule has 0 aromatic carbocycles. The molecule has 7 nitrogen and oxygen atoms in total. The molecule has 0 aliphatic heterocycles. The molecule has 0 unspecified atom stereocenters. The second kappa shape index (κ2) is 4.96. The fraction of sp³-hybridized carbons (Fsp3) is 0.0667. The molecule has 0 spiro atoms. The second-order valence-electron chi connectivity index (χ2n) is 4.92. The molecule has 4 aromatic rings. The lowest BCUT2D eigenvalue weighted by atomic mass is 10.2. The highest BCUT2D eigenvalue weighted by molar-refractivity contribution is 5.66. The monoisotopic (exact) mass is 291 g/mol. The maximum absolute atomic E-state index is 4.67. The number of nitrogens with zero attached hydrogens (tertiary/aromatic N) is 5. The molecular formula is C15H13N7. The predicted molar refractivity (Wildman–Crippen MR) is 82.8 cm³/mol. The number of aryl methyl sites for hydroxylation is 1. The van der Waals surface area contributed by atoms with Crippen molar-refractivity contribution in [2.45, 2.75) is 6.92 Å². The summed E-state index contributed by atoms with van der Waals surface area (Å²) in [6.07, 6.45) is 7.12. The molecule has 0 saturated heterocycles. The van der Waals surface area contributed by atoms with Gasteiger partial charge in [-0.1, -0.05) is 0 Å². The predicted octanol–water partition coefficient (Wildman–Crippen LogP) is 2.57. The molecule has 4 heterocycles. The summed E-state index contributed by atoms with van der Waals surface area (Å²) < 4.78 is 1.88. The molecule has 2 N–H and O–H groups in total. The fourth-order valence-corrected chi connectivity index (χ4v) is 2.27. The maximum Gasteiger partial charge on any atom is 0.214 e. The van der Waals surface area contributed by atoms with Gasteiger partial charge in [0.25, 0.3) is 0 Å². The van der Waals surface area contributed by atoms with E-state index in [4.69, 9.17) is 0 Å². The Morgan fingerprint density at radius 3 is 2.95 bits per heavy atom. The molecule has 108 valence electrons. The number of pyridine rings is 1. The Bertz CT molecular complexity index is 923. The van der Waals surface area contributed by atoms with Gasteiger partial charge in [-0.2, -0.15) is 5.10 Å². The summed E-state index contributed by atoms with van der Waals surface area (Å²) in [5, 5.41) is 10.3. The van der Waals surface area contributed by atoms with Crippen LogP contribution in [0.2, 0.25) is 0 Å². The molecule has 7 heteroatoms. The number of nitrogens with one attached hydrogen (secondary N) is 2. The average molecular weight is 291 g/mol. The summed E-state index contributed by atoms with van der Waals surface area (Å²) in [5.41, 5.74) is 3.53. The molecule has 0 bridgehead atoms. The zero-order valence-corrected chi connectivity index (χ0v) is 11.9. The fourth-order valence-electron chi connectivity index (χ4n) is 2.27. The summed E-state index contributed by atoms with van der Waals surface area (Å²) in [6, 6.07) is 7.70. The molecule has 0 saturated carbocycles. The first-order valence-electron chi connectivity index (χ1n) is 6.83. The van der Waals surface area contributed by atoms with Crippen LogP contribution in [0.1, 0.15) is 5.69 Å². The highest BCUT2D eigenvalue weighted by atomic mass is 15.3. The normalized spacial score (nSPS) is 11.0. The molecule has 4 aromatic heterocycles. The van der Waals surface area contributed by atoms with E-state index in [2.05, 4.69) is 30.5 Å². The Balaban J connectivity index is 1.84. The molecule has 0 fully saturated rings. The number of anilines is 2. The first-order chi connectivity index (χ1) is 10.8. The third kappa shape index (κ3) is 2.18. The van der Waals surface area contributed by atoms with Crippen LogP contribution < -0.4 is 5.32 Å². The van der Waals surface area contributed by atoms with Crippen LogP contribution in [0.3, 0.4) is 0 Å². The lowest BCUT2D eigenvalue weighted by molar-refractivity contribution is 1.03. The SMILES string of the molecule is Cc1cc(Nc2nc(-c3cccnc3)cc3nccn23)n[nH]1. The van der Waals surface area contributed by atoms with E-state index in [1.165, 1.54) is 0 Å². The van der Waals surface area contributed by atoms with Gasteiger partial charge in [-0.05, 0) is 19.1 Å². The summed E-state index contributed by atoms with van der Waals surface area (Å²) in [4.78, 5) is 13.2. The lowest BCUT2D eigenvalue weighted by Crippen LogP contribution is -2.02. The Labute approximate surface area is 126 Å². The number of aromatic amines is 1. The molecule has 22 heavy (non-hydrogen) atoms. The van der Waals surface area contributed by atoms with Gasteiger partial charge >= 0.3 is 0 Å². The van der Waals surface area contributed by atoms with Crippen LogP contribution in [0.15, 0.2) is 49.1 Å². The van der Waals surface area contributed by atoms with Crippen molar-refractivity contribution in [3.8, 4) is 11.3 Å². The summed E-state index contributed by atoms with van der Waals surface area (Å²) >= 11 is 0. The first kappa shape index (κ1) is 12.5. The van der Waals surface area contributed by atoms with Crippen LogP contribution in [-0.4, -0.2) is 29.5 Å². The zero-order chi connectivity index (χ0) is 14.9. The van der Waals surface area contributed by atoms with Crippen molar-refractivity contribution in [1.29, 1.82) is 0 Å². The smallest absolute Gasteiger partial charge is 0.214 e. The van der Waals surface area contributed by atoms with E-state index in [1.807, 2.05) is 41.8 Å². The van der Waals surface area contributed by atoms with Gasteiger partial charge in [0.1, 0.15) is 5.65 Å². The van der Waals surface area contributed by atoms with E-state index in [0.717, 1.165) is 22.6 Å². The highest BCUT2D eigenvalue weighted by Gasteiger charge is 2.09. The number of hydrogen-bond acceptors (Lipinski definition) is 5. The van der Waals surface area contributed by atoms with E-state index in [1.54, 1.807) is 18.6 Å². The Morgan fingerprint density at radius 1 is 1.23 bits per heavy atom. The van der Waals surface area contributed by atoms with E-state index < -0.39 is 0 Å². The van der Waals surface area contributed by atoms with Crippen molar-refractivity contribution < 1.29 is 0 Å². The van der Waals surface area contributed by atoms with E-state index in [-0.39, 0.29) is 0 Å². The first-order valence-corrected chi connectivity index (χ1v) is 6.83. The van der Waals surface area contributed by atoms with Crippen LogP contribution in [0.25, 0.3) is 16.9 Å². The summed E-state index contributed by atoms with van der Waals surface area (Å²) in [7, 11) is 0. The minimum Gasteiger partial charge on any atom is -0.308 e. The minimum absolute atomic E-state index is 0.653. The van der Waals surface area contributed by atoms with Gasteiger partial charge in [0, 0.05) is 48.2 Å². The van der Waals surface area contributed by atoms with Gasteiger partial charge in [-0.3, -0.25) is 14.5 Å². The van der Waals surface area contributed by atoms with E-state index >= 15 is 0 Å². The van der Waals surface area contributed by atoms with Gasteiger partial charge in [0.05, 0.1) is 5.69 Å². The van der Waals surface area contributed by atoms with Crippen LogP contribution in [-0.2, 0) is 0 Å². The molecule has 0 aliphatic rings. The molecular weight excluding hydrogens is 278 g/mol. The quantitative estimate of drug-likeness (QED) is 0.606. The highest BCUT2D eigenvalue weighted by Crippen LogP contribution is 2.22. The van der Waals surface area contributed by atoms with Crippen molar-refractivity contribution >= 4 is 17.4 Å². The lowest BCUT2D eigenvalue weighted by Gasteiger charge is -2.08. The third-order valence-electron chi connectivity index (χ3n) is 3.29. The molecule has 4 rings (SSSR count). The topological polar surface area (TPSA) is 83.8 Å². The van der Waals surface area contributed by atoms with E-state index in [9.17, 15) is 0 Å². The van der Waals surface area contributed by atoms with Crippen molar-refractivity contribution in [1.82, 2.24) is 29.5 Å². The molecule has 0 amide bonds. The number of aromatic nitrogens is 6. The van der Waals surface area contributed by atoms with Gasteiger partial charge in [-0.15, -0.1) is 0 Å². The third-order valence-corrected chi connectivity index (χ3v) is 3.29. The van der Waals surface area contributed by atoms with Crippen LogP contribution in [0.4, 0.5) is 11.8 Å². The largest absolute Gasteiger partial charge is 0.308 e.